The lowest BCUT2D eigenvalue weighted by atomic mass is 10.2. The van der Waals surface area contributed by atoms with Gasteiger partial charge in [-0.3, -0.25) is 4.79 Å². The van der Waals surface area contributed by atoms with E-state index in [1.165, 1.54) is 23.1 Å². The molecule has 176 valence electrons. The van der Waals surface area contributed by atoms with Crippen LogP contribution in [0.15, 0.2) is 53.0 Å². The highest BCUT2D eigenvalue weighted by Crippen LogP contribution is 2.32. The number of aromatic nitrogens is 4. The maximum absolute atomic E-state index is 12.5. The summed E-state index contributed by atoms with van der Waals surface area (Å²) in [5.74, 6) is 1.41. The molecule has 0 saturated carbocycles. The zero-order chi connectivity index (χ0) is 24.2. The fourth-order valence-corrected chi connectivity index (χ4v) is 5.14. The number of carbonyl (C=O) groups excluding carboxylic acids is 1. The van der Waals surface area contributed by atoms with E-state index in [-0.39, 0.29) is 17.8 Å². The van der Waals surface area contributed by atoms with Crippen molar-refractivity contribution in [3.8, 4) is 17.0 Å². The molecule has 11 heteroatoms. The summed E-state index contributed by atoms with van der Waals surface area (Å²) in [4.78, 5) is 16.9. The van der Waals surface area contributed by atoms with E-state index in [0.717, 1.165) is 16.9 Å². The Morgan fingerprint density at radius 1 is 1.24 bits per heavy atom. The largest absolute Gasteiger partial charge is 0.483 e. The molecule has 0 bridgehead atoms. The average Bonchev–Trinajstić information content (AvgIpc) is 3.38. The van der Waals surface area contributed by atoms with E-state index in [2.05, 4.69) is 20.5 Å². The molecular formula is C23H21Cl2N5O2S2. The first kappa shape index (κ1) is 24.5. The van der Waals surface area contributed by atoms with Crippen LogP contribution in [-0.4, -0.2) is 31.4 Å². The summed E-state index contributed by atoms with van der Waals surface area (Å²) < 4.78 is 7.83. The van der Waals surface area contributed by atoms with Gasteiger partial charge in [-0.1, -0.05) is 47.1 Å². The molecule has 1 amide bonds. The van der Waals surface area contributed by atoms with Gasteiger partial charge in [-0.2, -0.15) is 0 Å². The predicted octanol–water partition coefficient (Wildman–Crippen LogP) is 6.42. The minimum atomic E-state index is -0.295. The lowest BCUT2D eigenvalue weighted by molar-refractivity contribution is -0.113. The van der Waals surface area contributed by atoms with Gasteiger partial charge < -0.3 is 14.6 Å². The molecule has 2 aromatic heterocycles. The minimum Gasteiger partial charge on any atom is -0.483 e. The van der Waals surface area contributed by atoms with Crippen molar-refractivity contribution in [2.24, 2.45) is 7.05 Å². The van der Waals surface area contributed by atoms with E-state index < -0.39 is 0 Å². The van der Waals surface area contributed by atoms with Crippen LogP contribution in [0.1, 0.15) is 24.4 Å². The minimum absolute atomic E-state index is 0.162. The molecule has 1 N–H and O–H groups in total. The Hall–Kier alpha value is -2.59. The highest BCUT2D eigenvalue weighted by molar-refractivity contribution is 7.99. The zero-order valence-corrected chi connectivity index (χ0v) is 21.7. The molecule has 4 aromatic rings. The number of nitrogens with zero attached hydrogens (tertiary/aromatic N) is 4. The van der Waals surface area contributed by atoms with Gasteiger partial charge in [0.2, 0.25) is 5.91 Å². The van der Waals surface area contributed by atoms with Gasteiger partial charge in [-0.25, -0.2) is 4.98 Å². The van der Waals surface area contributed by atoms with Crippen molar-refractivity contribution < 1.29 is 9.53 Å². The van der Waals surface area contributed by atoms with Crippen LogP contribution in [0.25, 0.3) is 11.3 Å². The summed E-state index contributed by atoms with van der Waals surface area (Å²) in [6.07, 6.45) is -0.295. The molecule has 0 aliphatic rings. The van der Waals surface area contributed by atoms with Crippen LogP contribution in [0.3, 0.4) is 0 Å². The molecular weight excluding hydrogens is 513 g/mol. The Balaban J connectivity index is 1.34. The fourth-order valence-electron chi connectivity index (χ4n) is 3.19. The monoisotopic (exact) mass is 533 g/mol. The normalized spacial score (nSPS) is 11.9. The predicted molar refractivity (Wildman–Crippen MR) is 138 cm³/mol. The number of nitrogens with one attached hydrogen (secondary N) is 1. The second-order valence-corrected chi connectivity index (χ2v) is 10.1. The first-order chi connectivity index (χ1) is 16.3. The number of benzene rings is 2. The van der Waals surface area contributed by atoms with Crippen molar-refractivity contribution in [2.45, 2.75) is 25.1 Å². The van der Waals surface area contributed by atoms with Gasteiger partial charge in [0.25, 0.3) is 0 Å². The number of hydrogen-bond donors (Lipinski definition) is 1. The summed E-state index contributed by atoms with van der Waals surface area (Å²) in [5.41, 5.74) is 2.55. The summed E-state index contributed by atoms with van der Waals surface area (Å²) in [6.45, 7) is 3.93. The van der Waals surface area contributed by atoms with E-state index in [4.69, 9.17) is 27.9 Å². The molecule has 1 atom stereocenters. The van der Waals surface area contributed by atoms with Crippen LogP contribution in [0.5, 0.6) is 5.75 Å². The number of hydrogen-bond acceptors (Lipinski definition) is 7. The van der Waals surface area contributed by atoms with Crippen LogP contribution in [0.4, 0.5) is 5.13 Å². The first-order valence-electron chi connectivity index (χ1n) is 10.3. The van der Waals surface area contributed by atoms with Crippen molar-refractivity contribution in [1.82, 2.24) is 19.7 Å². The van der Waals surface area contributed by atoms with Crippen LogP contribution < -0.4 is 10.1 Å². The first-order valence-corrected chi connectivity index (χ1v) is 12.9. The number of halogens is 2. The fraction of sp³-hybridized carbons (Fsp3) is 0.217. The quantitative estimate of drug-likeness (QED) is 0.263. The van der Waals surface area contributed by atoms with Gasteiger partial charge in [0, 0.05) is 23.0 Å². The molecule has 0 aliphatic heterocycles. The lowest BCUT2D eigenvalue weighted by Gasteiger charge is -2.14. The lowest BCUT2D eigenvalue weighted by Crippen LogP contribution is -2.14. The summed E-state index contributed by atoms with van der Waals surface area (Å²) in [7, 11) is 1.86. The SMILES string of the molecule is Cc1cccc(OC(C)c2nnc(SCC(=O)Nc3nc(-c4ccc(Cl)cc4Cl)cs3)n2C)c1. The molecule has 0 spiro atoms. The Kier molecular flexibility index (Phi) is 7.77. The summed E-state index contributed by atoms with van der Waals surface area (Å²) in [6, 6.07) is 13.1. The standard InChI is InChI=1S/C23H21Cl2N5O2S2/c1-13-5-4-6-16(9-13)32-14(2)21-28-29-23(30(21)3)34-12-20(31)27-22-26-19(11-33-22)17-8-7-15(24)10-18(17)25/h4-11,14H,12H2,1-3H3,(H,26,27,31). The third-order valence-electron chi connectivity index (χ3n) is 4.82. The van der Waals surface area contributed by atoms with Crippen molar-refractivity contribution in [1.29, 1.82) is 0 Å². The summed E-state index contributed by atoms with van der Waals surface area (Å²) in [5, 5.41) is 15.3. The van der Waals surface area contributed by atoms with Crippen LogP contribution in [-0.2, 0) is 11.8 Å². The van der Waals surface area contributed by atoms with E-state index >= 15 is 0 Å². The number of thioether (sulfide) groups is 1. The highest BCUT2D eigenvalue weighted by atomic mass is 35.5. The van der Waals surface area contributed by atoms with Crippen LogP contribution in [0, 0.1) is 6.92 Å². The Morgan fingerprint density at radius 2 is 2.06 bits per heavy atom. The number of anilines is 1. The number of amides is 1. The maximum atomic E-state index is 12.5. The van der Waals surface area contributed by atoms with Gasteiger partial charge >= 0.3 is 0 Å². The van der Waals surface area contributed by atoms with Crippen molar-refractivity contribution in [3.05, 3.63) is 69.3 Å². The van der Waals surface area contributed by atoms with Gasteiger partial charge in [0.15, 0.2) is 22.2 Å². The Morgan fingerprint density at radius 3 is 2.82 bits per heavy atom. The molecule has 34 heavy (non-hydrogen) atoms. The molecule has 2 heterocycles. The van der Waals surface area contributed by atoms with Crippen molar-refractivity contribution in [2.75, 3.05) is 11.1 Å². The molecule has 0 radical (unpaired) electrons. The van der Waals surface area contributed by atoms with Gasteiger partial charge in [0.05, 0.1) is 16.5 Å². The average molecular weight is 534 g/mol. The molecule has 4 rings (SSSR count). The number of rotatable bonds is 8. The van der Waals surface area contributed by atoms with E-state index in [1.807, 2.05) is 55.1 Å². The Labute approximate surface area is 215 Å². The highest BCUT2D eigenvalue weighted by Gasteiger charge is 2.18. The van der Waals surface area contributed by atoms with Crippen molar-refractivity contribution in [3.63, 3.8) is 0 Å². The van der Waals surface area contributed by atoms with E-state index in [0.29, 0.717) is 31.9 Å². The number of ether oxygens (including phenoxy) is 1. The number of thiazole rings is 1. The van der Waals surface area contributed by atoms with Gasteiger partial charge in [-0.15, -0.1) is 21.5 Å². The molecule has 1 unspecified atom stereocenters. The second kappa shape index (κ2) is 10.8. The molecule has 7 nitrogen and oxygen atoms in total. The van der Waals surface area contributed by atoms with Crippen LogP contribution >= 0.6 is 46.3 Å². The van der Waals surface area contributed by atoms with E-state index in [9.17, 15) is 4.79 Å². The third kappa shape index (κ3) is 5.90. The van der Waals surface area contributed by atoms with Gasteiger partial charge in [-0.05, 0) is 49.7 Å². The second-order valence-electron chi connectivity index (χ2n) is 7.48. The molecule has 0 aliphatic carbocycles. The number of carbonyl (C=O) groups is 1. The smallest absolute Gasteiger partial charge is 0.236 e. The molecule has 0 fully saturated rings. The molecule has 0 saturated heterocycles. The van der Waals surface area contributed by atoms with Crippen molar-refractivity contribution >= 4 is 57.3 Å². The van der Waals surface area contributed by atoms with Gasteiger partial charge in [0.1, 0.15) is 5.75 Å². The van der Waals surface area contributed by atoms with Crippen LogP contribution in [0.2, 0.25) is 10.0 Å². The number of aryl methyl sites for hydroxylation is 1. The zero-order valence-electron chi connectivity index (χ0n) is 18.6. The molecule has 2 aromatic carbocycles. The summed E-state index contributed by atoms with van der Waals surface area (Å²) >= 11 is 14.8. The maximum Gasteiger partial charge on any atom is 0.236 e. The Bertz CT molecular complexity index is 1320. The van der Waals surface area contributed by atoms with E-state index in [1.54, 1.807) is 18.2 Å². The topological polar surface area (TPSA) is 81.9 Å². The third-order valence-corrected chi connectivity index (χ3v) is 7.15.